The second-order valence-corrected chi connectivity index (χ2v) is 6.63. The molecule has 108 valence electrons. The summed E-state index contributed by atoms with van der Waals surface area (Å²) < 4.78 is 5.17. The van der Waals surface area contributed by atoms with Gasteiger partial charge in [-0.15, -0.1) is 11.3 Å². The van der Waals surface area contributed by atoms with Gasteiger partial charge in [-0.3, -0.25) is 5.32 Å². The van der Waals surface area contributed by atoms with Gasteiger partial charge in [-0.1, -0.05) is 0 Å². The number of nitrogens with zero attached hydrogens (tertiary/aromatic N) is 1. The minimum atomic E-state index is -0.522. The zero-order valence-corrected chi connectivity index (χ0v) is 12.9. The summed E-state index contributed by atoms with van der Waals surface area (Å²) in [4.78, 5) is 17.0. The maximum atomic E-state index is 11.6. The summed E-state index contributed by atoms with van der Waals surface area (Å²) in [5.74, 6) is 0. The summed E-state index contributed by atoms with van der Waals surface area (Å²) in [6.07, 6.45) is 0.624. The first-order valence-electron chi connectivity index (χ1n) is 6.32. The van der Waals surface area contributed by atoms with E-state index in [9.17, 15) is 9.90 Å². The standard InChI is InChI=1S/C13H22N2O3S/c1-8(16)6-7-10-9(2)14-11(19-10)15-12(17)18-13(3,4)5/h8,16H,6-7H2,1-5H3,(H,14,15,17)/t8-/m1/s1. The highest BCUT2D eigenvalue weighted by Crippen LogP contribution is 2.24. The van der Waals surface area contributed by atoms with Crippen LogP contribution < -0.4 is 5.32 Å². The van der Waals surface area contributed by atoms with Crippen molar-refractivity contribution in [2.75, 3.05) is 5.32 Å². The van der Waals surface area contributed by atoms with Crippen LogP contribution in [0, 0.1) is 6.92 Å². The van der Waals surface area contributed by atoms with Crippen molar-refractivity contribution in [1.29, 1.82) is 0 Å². The number of hydrogen-bond donors (Lipinski definition) is 2. The van der Waals surface area contributed by atoms with Gasteiger partial charge in [-0.2, -0.15) is 0 Å². The molecule has 0 spiro atoms. The van der Waals surface area contributed by atoms with E-state index in [4.69, 9.17) is 4.74 Å². The lowest BCUT2D eigenvalue weighted by atomic mass is 10.2. The summed E-state index contributed by atoms with van der Waals surface area (Å²) in [6, 6.07) is 0. The fraction of sp³-hybridized carbons (Fsp3) is 0.692. The van der Waals surface area contributed by atoms with Gasteiger partial charge in [0.25, 0.3) is 0 Å². The minimum absolute atomic E-state index is 0.330. The molecule has 0 unspecified atom stereocenters. The summed E-state index contributed by atoms with van der Waals surface area (Å²) in [7, 11) is 0. The van der Waals surface area contributed by atoms with Gasteiger partial charge >= 0.3 is 6.09 Å². The lowest BCUT2D eigenvalue weighted by Gasteiger charge is -2.18. The Kier molecular flexibility index (Phi) is 5.31. The first-order chi connectivity index (χ1) is 8.67. The number of aromatic nitrogens is 1. The quantitative estimate of drug-likeness (QED) is 0.892. The van der Waals surface area contributed by atoms with E-state index in [-0.39, 0.29) is 6.10 Å². The van der Waals surface area contributed by atoms with Crippen LogP contribution in [-0.4, -0.2) is 27.9 Å². The van der Waals surface area contributed by atoms with Gasteiger partial charge in [0, 0.05) is 4.88 Å². The molecular formula is C13H22N2O3S. The van der Waals surface area contributed by atoms with E-state index in [1.807, 2.05) is 27.7 Å². The predicted molar refractivity (Wildman–Crippen MR) is 76.7 cm³/mol. The van der Waals surface area contributed by atoms with Crippen LogP contribution >= 0.6 is 11.3 Å². The number of nitrogens with one attached hydrogen (secondary N) is 1. The molecule has 0 bridgehead atoms. The van der Waals surface area contributed by atoms with Gasteiger partial charge in [0.2, 0.25) is 0 Å². The van der Waals surface area contributed by atoms with Crippen LogP contribution in [-0.2, 0) is 11.2 Å². The average molecular weight is 286 g/mol. The first-order valence-corrected chi connectivity index (χ1v) is 7.13. The Bertz CT molecular complexity index is 436. The van der Waals surface area contributed by atoms with Gasteiger partial charge in [0.15, 0.2) is 5.13 Å². The van der Waals surface area contributed by atoms with Crippen molar-refractivity contribution in [2.24, 2.45) is 0 Å². The van der Waals surface area contributed by atoms with Crippen molar-refractivity contribution >= 4 is 22.6 Å². The predicted octanol–water partition coefficient (Wildman–Crippen LogP) is 3.11. The van der Waals surface area contributed by atoms with Crippen molar-refractivity contribution in [3.8, 4) is 0 Å². The zero-order valence-electron chi connectivity index (χ0n) is 12.1. The van der Waals surface area contributed by atoms with Crippen LogP contribution in [0.3, 0.4) is 0 Å². The summed E-state index contributed by atoms with van der Waals surface area (Å²) in [6.45, 7) is 9.10. The summed E-state index contributed by atoms with van der Waals surface area (Å²) in [5, 5.41) is 12.4. The topological polar surface area (TPSA) is 71.5 Å². The van der Waals surface area contributed by atoms with Gasteiger partial charge in [0.1, 0.15) is 5.60 Å². The highest BCUT2D eigenvalue weighted by molar-refractivity contribution is 7.15. The fourth-order valence-electron chi connectivity index (χ4n) is 1.44. The average Bonchev–Trinajstić information content (AvgIpc) is 2.52. The van der Waals surface area contributed by atoms with Crippen LogP contribution in [0.25, 0.3) is 0 Å². The molecule has 0 aromatic carbocycles. The summed E-state index contributed by atoms with van der Waals surface area (Å²) >= 11 is 1.42. The van der Waals surface area contributed by atoms with Crippen LogP contribution in [0.5, 0.6) is 0 Å². The highest BCUT2D eigenvalue weighted by atomic mass is 32.1. The number of aliphatic hydroxyl groups excluding tert-OH is 1. The molecule has 1 rings (SSSR count). The maximum Gasteiger partial charge on any atom is 0.413 e. The third-order valence-corrected chi connectivity index (χ3v) is 3.42. The molecule has 19 heavy (non-hydrogen) atoms. The molecule has 5 nitrogen and oxygen atoms in total. The monoisotopic (exact) mass is 286 g/mol. The smallest absolute Gasteiger partial charge is 0.413 e. The zero-order chi connectivity index (χ0) is 14.6. The van der Waals surface area contributed by atoms with Crippen LogP contribution in [0.1, 0.15) is 44.7 Å². The molecule has 2 N–H and O–H groups in total. The van der Waals surface area contributed by atoms with Crippen molar-refractivity contribution in [3.63, 3.8) is 0 Å². The Morgan fingerprint density at radius 1 is 1.53 bits per heavy atom. The Morgan fingerprint density at radius 3 is 2.68 bits per heavy atom. The number of aryl methyl sites for hydroxylation is 2. The summed E-state index contributed by atoms with van der Waals surface area (Å²) in [5.41, 5.74) is 0.364. The van der Waals surface area contributed by atoms with Crippen molar-refractivity contribution in [3.05, 3.63) is 10.6 Å². The number of hydrogen-bond acceptors (Lipinski definition) is 5. The molecule has 0 aliphatic carbocycles. The van der Waals surface area contributed by atoms with E-state index in [0.717, 1.165) is 17.0 Å². The molecular weight excluding hydrogens is 264 g/mol. The van der Waals surface area contributed by atoms with Crippen molar-refractivity contribution < 1.29 is 14.6 Å². The molecule has 1 aromatic rings. The molecule has 6 heteroatoms. The molecule has 0 saturated heterocycles. The largest absolute Gasteiger partial charge is 0.444 e. The number of carbonyl (C=O) groups excluding carboxylic acids is 1. The minimum Gasteiger partial charge on any atom is -0.444 e. The van der Waals surface area contributed by atoms with Crippen molar-refractivity contribution in [1.82, 2.24) is 4.98 Å². The molecule has 1 atom stereocenters. The number of anilines is 1. The van der Waals surface area contributed by atoms with Gasteiger partial charge in [0.05, 0.1) is 11.8 Å². The van der Waals surface area contributed by atoms with Crippen molar-refractivity contribution in [2.45, 2.75) is 59.2 Å². The maximum absolute atomic E-state index is 11.6. The lowest BCUT2D eigenvalue weighted by molar-refractivity contribution is 0.0636. The molecule has 0 aliphatic heterocycles. The van der Waals surface area contributed by atoms with E-state index in [0.29, 0.717) is 11.6 Å². The second-order valence-electron chi connectivity index (χ2n) is 5.54. The first kappa shape index (κ1) is 15.9. The van der Waals surface area contributed by atoms with E-state index in [1.165, 1.54) is 11.3 Å². The Labute approximate surface area is 118 Å². The molecule has 0 saturated carbocycles. The molecule has 0 radical (unpaired) electrons. The molecule has 0 aliphatic rings. The highest BCUT2D eigenvalue weighted by Gasteiger charge is 2.18. The number of carbonyl (C=O) groups is 1. The Balaban J connectivity index is 2.60. The number of ether oxygens (including phenoxy) is 1. The molecule has 0 fully saturated rings. The molecule has 1 aromatic heterocycles. The van der Waals surface area contributed by atoms with E-state index >= 15 is 0 Å². The fourth-order valence-corrected chi connectivity index (χ4v) is 2.41. The van der Waals surface area contributed by atoms with Crippen LogP contribution in [0.15, 0.2) is 0 Å². The Hall–Kier alpha value is -1.14. The van der Waals surface area contributed by atoms with Crippen LogP contribution in [0.4, 0.5) is 9.93 Å². The van der Waals surface area contributed by atoms with Gasteiger partial charge in [-0.05, 0) is 47.5 Å². The third-order valence-electron chi connectivity index (χ3n) is 2.29. The molecule has 1 amide bonds. The van der Waals surface area contributed by atoms with E-state index in [1.54, 1.807) is 6.92 Å². The van der Waals surface area contributed by atoms with Gasteiger partial charge < -0.3 is 9.84 Å². The lowest BCUT2D eigenvalue weighted by Crippen LogP contribution is -2.27. The Morgan fingerprint density at radius 2 is 2.16 bits per heavy atom. The normalized spacial score (nSPS) is 13.2. The number of amides is 1. The third kappa shape index (κ3) is 6.02. The van der Waals surface area contributed by atoms with Gasteiger partial charge in [-0.25, -0.2) is 9.78 Å². The number of thiazole rings is 1. The number of aliphatic hydroxyl groups is 1. The molecule has 1 heterocycles. The SMILES string of the molecule is Cc1nc(NC(=O)OC(C)(C)C)sc1CC[C@@H](C)O. The number of rotatable bonds is 4. The second kappa shape index (κ2) is 6.34. The van der Waals surface area contributed by atoms with E-state index < -0.39 is 11.7 Å². The van der Waals surface area contributed by atoms with Crippen LogP contribution in [0.2, 0.25) is 0 Å². The van der Waals surface area contributed by atoms with E-state index in [2.05, 4.69) is 10.3 Å².